The molecule has 3 heteroatoms. The summed E-state index contributed by atoms with van der Waals surface area (Å²) in [5.41, 5.74) is 1.27. The molecule has 0 aromatic carbocycles. The molecule has 0 unspecified atom stereocenters. The van der Waals surface area contributed by atoms with Crippen LogP contribution >= 0.6 is 0 Å². The minimum absolute atomic E-state index is 0.333. The molecule has 0 radical (unpaired) electrons. The van der Waals surface area contributed by atoms with Crippen LogP contribution in [0.15, 0.2) is 23.4 Å². The first-order valence-electron chi connectivity index (χ1n) is 3.34. The summed E-state index contributed by atoms with van der Waals surface area (Å²) in [5.74, 6) is -0.884. The van der Waals surface area contributed by atoms with E-state index in [1.165, 1.54) is 0 Å². The molecule has 2 N–H and O–H groups in total. The van der Waals surface area contributed by atoms with Gasteiger partial charge < -0.3 is 10.4 Å². The van der Waals surface area contributed by atoms with Crippen molar-refractivity contribution in [3.05, 3.63) is 23.4 Å². The van der Waals surface area contributed by atoms with Gasteiger partial charge in [-0.25, -0.2) is 4.79 Å². The van der Waals surface area contributed by atoms with Gasteiger partial charge in [-0.05, 0) is 19.9 Å². The van der Waals surface area contributed by atoms with Gasteiger partial charge in [0, 0.05) is 18.3 Å². The highest BCUT2D eigenvalue weighted by Crippen LogP contribution is 1.94. The number of carbonyl (C=O) groups is 1. The molecule has 0 amide bonds. The van der Waals surface area contributed by atoms with Crippen LogP contribution in [-0.4, -0.2) is 18.1 Å². The van der Waals surface area contributed by atoms with Crippen LogP contribution in [0.25, 0.3) is 0 Å². The molecule has 0 saturated carbocycles. The maximum absolute atomic E-state index is 10.3. The minimum Gasteiger partial charge on any atom is -0.478 e. The van der Waals surface area contributed by atoms with Crippen LogP contribution in [0.4, 0.5) is 0 Å². The minimum atomic E-state index is -0.884. The molecule has 3 nitrogen and oxygen atoms in total. The van der Waals surface area contributed by atoms with Gasteiger partial charge in [0.15, 0.2) is 0 Å². The summed E-state index contributed by atoms with van der Waals surface area (Å²) in [6.07, 6.45) is 3.29. The van der Waals surface area contributed by atoms with E-state index in [0.717, 1.165) is 5.70 Å². The lowest BCUT2D eigenvalue weighted by Crippen LogP contribution is -2.01. The maximum atomic E-state index is 10.3. The molecule has 0 saturated heterocycles. The second kappa shape index (κ2) is 4.55. The molecule has 62 valence electrons. The van der Waals surface area contributed by atoms with Crippen molar-refractivity contribution in [2.75, 3.05) is 7.05 Å². The Kier molecular flexibility index (Phi) is 4.03. The molecule has 11 heavy (non-hydrogen) atoms. The molecule has 0 aliphatic carbocycles. The first-order valence-corrected chi connectivity index (χ1v) is 3.34. The fourth-order valence-electron chi connectivity index (χ4n) is 0.405. The second-order valence-electron chi connectivity index (χ2n) is 2.25. The molecule has 0 heterocycles. The van der Waals surface area contributed by atoms with Crippen molar-refractivity contribution in [1.82, 2.24) is 5.32 Å². The van der Waals surface area contributed by atoms with Crippen LogP contribution in [0.1, 0.15) is 13.8 Å². The third kappa shape index (κ3) is 4.19. The smallest absolute Gasteiger partial charge is 0.331 e. The first-order chi connectivity index (χ1) is 5.07. The van der Waals surface area contributed by atoms with Gasteiger partial charge in [-0.15, -0.1) is 0 Å². The van der Waals surface area contributed by atoms with Crippen molar-refractivity contribution in [2.24, 2.45) is 0 Å². The molecule has 0 atom stereocenters. The standard InChI is InChI=1S/C8H13NO2/c1-6(8(10)11)4-5-7(2)9-3/h4-5,9H,1-3H3,(H,10,11)/b6-4+,7-5-. The van der Waals surface area contributed by atoms with Gasteiger partial charge in [0.05, 0.1) is 0 Å². The Balaban J connectivity index is 4.22. The number of rotatable bonds is 3. The van der Waals surface area contributed by atoms with Crippen LogP contribution in [0.5, 0.6) is 0 Å². The number of carboxylic acids is 1. The van der Waals surface area contributed by atoms with E-state index in [4.69, 9.17) is 5.11 Å². The second-order valence-corrected chi connectivity index (χ2v) is 2.25. The van der Waals surface area contributed by atoms with Crippen molar-refractivity contribution in [1.29, 1.82) is 0 Å². The summed E-state index contributed by atoms with van der Waals surface area (Å²) in [5, 5.41) is 11.3. The van der Waals surface area contributed by atoms with E-state index in [1.54, 1.807) is 26.1 Å². The summed E-state index contributed by atoms with van der Waals surface area (Å²) in [6, 6.07) is 0. The molecular formula is C8H13NO2. The van der Waals surface area contributed by atoms with Crippen molar-refractivity contribution in [3.8, 4) is 0 Å². The fraction of sp³-hybridized carbons (Fsp3) is 0.375. The lowest BCUT2D eigenvalue weighted by Gasteiger charge is -1.95. The fourth-order valence-corrected chi connectivity index (χ4v) is 0.405. The zero-order valence-corrected chi connectivity index (χ0v) is 7.01. The van der Waals surface area contributed by atoms with Gasteiger partial charge >= 0.3 is 5.97 Å². The quantitative estimate of drug-likeness (QED) is 0.474. The average Bonchev–Trinajstić information content (AvgIpc) is 1.99. The summed E-state index contributed by atoms with van der Waals surface area (Å²) < 4.78 is 0. The van der Waals surface area contributed by atoms with Crippen molar-refractivity contribution in [3.63, 3.8) is 0 Å². The summed E-state index contributed by atoms with van der Waals surface area (Å²) in [4.78, 5) is 10.3. The average molecular weight is 155 g/mol. The van der Waals surface area contributed by atoms with Gasteiger partial charge in [0.2, 0.25) is 0 Å². The van der Waals surface area contributed by atoms with Gasteiger partial charge in [-0.2, -0.15) is 0 Å². The predicted molar refractivity (Wildman–Crippen MR) is 44.2 cm³/mol. The zero-order valence-electron chi connectivity index (χ0n) is 7.01. The molecule has 0 aliphatic heterocycles. The van der Waals surface area contributed by atoms with Crippen molar-refractivity contribution < 1.29 is 9.90 Å². The highest BCUT2D eigenvalue weighted by molar-refractivity contribution is 5.86. The van der Waals surface area contributed by atoms with Crippen LogP contribution < -0.4 is 5.32 Å². The molecular weight excluding hydrogens is 142 g/mol. The van der Waals surface area contributed by atoms with Gasteiger partial charge in [-0.1, -0.05) is 6.08 Å². The number of allylic oxidation sites excluding steroid dienone is 3. The molecule has 0 aromatic rings. The molecule has 0 spiro atoms. The van der Waals surface area contributed by atoms with E-state index in [1.807, 2.05) is 6.92 Å². The van der Waals surface area contributed by atoms with Crippen LogP contribution in [0, 0.1) is 0 Å². The topological polar surface area (TPSA) is 49.3 Å². The third-order valence-electron chi connectivity index (χ3n) is 1.32. The maximum Gasteiger partial charge on any atom is 0.331 e. The van der Waals surface area contributed by atoms with Gasteiger partial charge in [-0.3, -0.25) is 0 Å². The molecule has 0 bridgehead atoms. The van der Waals surface area contributed by atoms with Crippen LogP contribution in [0.2, 0.25) is 0 Å². The lowest BCUT2D eigenvalue weighted by molar-refractivity contribution is -0.132. The van der Waals surface area contributed by atoms with E-state index >= 15 is 0 Å². The predicted octanol–water partition coefficient (Wildman–Crippen LogP) is 1.14. The zero-order chi connectivity index (χ0) is 8.85. The van der Waals surface area contributed by atoms with Gasteiger partial charge in [0.1, 0.15) is 0 Å². The van der Waals surface area contributed by atoms with Crippen molar-refractivity contribution in [2.45, 2.75) is 13.8 Å². The Bertz CT molecular complexity index is 204. The van der Waals surface area contributed by atoms with Crippen molar-refractivity contribution >= 4 is 5.97 Å². The van der Waals surface area contributed by atoms with E-state index in [0.29, 0.717) is 5.57 Å². The summed E-state index contributed by atoms with van der Waals surface area (Å²) in [6.45, 7) is 3.42. The number of hydrogen-bond donors (Lipinski definition) is 2. The lowest BCUT2D eigenvalue weighted by atomic mass is 10.2. The summed E-state index contributed by atoms with van der Waals surface area (Å²) in [7, 11) is 1.79. The van der Waals surface area contributed by atoms with E-state index in [-0.39, 0.29) is 0 Å². The Labute approximate surface area is 66.4 Å². The van der Waals surface area contributed by atoms with Crippen LogP contribution in [0.3, 0.4) is 0 Å². The SMILES string of the molecule is CN/C(C)=C\C=C(/C)C(=O)O. The van der Waals surface area contributed by atoms with Gasteiger partial charge in [0.25, 0.3) is 0 Å². The van der Waals surface area contributed by atoms with E-state index in [9.17, 15) is 4.79 Å². The monoisotopic (exact) mass is 155 g/mol. The van der Waals surface area contributed by atoms with E-state index in [2.05, 4.69) is 5.32 Å². The largest absolute Gasteiger partial charge is 0.478 e. The van der Waals surface area contributed by atoms with E-state index < -0.39 is 5.97 Å². The normalized spacial score (nSPS) is 13.0. The third-order valence-corrected chi connectivity index (χ3v) is 1.32. The first kappa shape index (κ1) is 9.75. The molecule has 0 aliphatic rings. The Hall–Kier alpha value is -1.25. The summed E-state index contributed by atoms with van der Waals surface area (Å²) >= 11 is 0. The van der Waals surface area contributed by atoms with Crippen LogP contribution in [-0.2, 0) is 4.79 Å². The highest BCUT2D eigenvalue weighted by atomic mass is 16.4. The number of nitrogens with one attached hydrogen (secondary N) is 1. The number of carboxylic acid groups (broad SMARTS) is 1. The highest BCUT2D eigenvalue weighted by Gasteiger charge is 1.95. The molecule has 0 rings (SSSR count). The Morgan fingerprint density at radius 2 is 1.91 bits per heavy atom. The number of hydrogen-bond acceptors (Lipinski definition) is 2. The number of aliphatic carboxylic acids is 1. The Morgan fingerprint density at radius 1 is 1.36 bits per heavy atom. The molecule has 0 aromatic heterocycles. The Morgan fingerprint density at radius 3 is 2.27 bits per heavy atom. The molecule has 0 fully saturated rings.